The van der Waals surface area contributed by atoms with Crippen molar-refractivity contribution in [3.63, 3.8) is 0 Å². The SMILES string of the molecule is N#C[C@H]1[C@H](c2ccccc2)[C@@H](CO)N1S(=O)(=O)c1cccc(F)c1. The Morgan fingerprint density at radius 2 is 1.88 bits per heavy atom. The third-order valence-corrected chi connectivity index (χ3v) is 6.13. The first-order valence-corrected chi connectivity index (χ1v) is 8.79. The lowest BCUT2D eigenvalue weighted by atomic mass is 9.78. The fourth-order valence-electron chi connectivity index (χ4n) is 3.12. The van der Waals surface area contributed by atoms with Crippen LogP contribution in [0.15, 0.2) is 59.5 Å². The fraction of sp³-hybridized carbons (Fsp3) is 0.235. The summed E-state index contributed by atoms with van der Waals surface area (Å²) in [6.07, 6.45) is 0. The maximum atomic E-state index is 13.4. The lowest BCUT2D eigenvalue weighted by Crippen LogP contribution is -2.65. The zero-order valence-corrected chi connectivity index (χ0v) is 13.4. The number of nitrogens with zero attached hydrogens (tertiary/aromatic N) is 2. The number of aliphatic hydroxyl groups excluding tert-OH is 1. The van der Waals surface area contributed by atoms with Gasteiger partial charge in [0.1, 0.15) is 11.9 Å². The van der Waals surface area contributed by atoms with E-state index in [1.807, 2.05) is 12.1 Å². The van der Waals surface area contributed by atoms with Crippen LogP contribution in [0.25, 0.3) is 0 Å². The quantitative estimate of drug-likeness (QED) is 0.916. The Labute approximate surface area is 139 Å². The van der Waals surface area contributed by atoms with Crippen LogP contribution in [-0.4, -0.2) is 36.5 Å². The molecule has 0 aromatic heterocycles. The third kappa shape index (κ3) is 2.59. The maximum absolute atomic E-state index is 13.4. The Balaban J connectivity index is 2.01. The second-order valence-corrected chi connectivity index (χ2v) is 7.40. The highest BCUT2D eigenvalue weighted by Gasteiger charge is 2.55. The van der Waals surface area contributed by atoms with Gasteiger partial charge in [-0.2, -0.15) is 9.57 Å². The van der Waals surface area contributed by atoms with Gasteiger partial charge in [0.15, 0.2) is 0 Å². The molecule has 7 heteroatoms. The van der Waals surface area contributed by atoms with Crippen LogP contribution in [0.5, 0.6) is 0 Å². The van der Waals surface area contributed by atoms with Crippen molar-refractivity contribution in [1.29, 1.82) is 5.26 Å². The van der Waals surface area contributed by atoms with Crippen LogP contribution in [0, 0.1) is 17.1 Å². The number of hydrogen-bond acceptors (Lipinski definition) is 4. The standard InChI is InChI=1S/C17H15FN2O3S/c18-13-7-4-8-14(9-13)24(22,23)20-15(10-19)17(16(20)11-21)12-5-2-1-3-6-12/h1-9,15-17,21H,11H2/t15-,16+,17-/m0/s1. The van der Waals surface area contributed by atoms with E-state index >= 15 is 0 Å². The van der Waals surface area contributed by atoms with Gasteiger partial charge in [-0.15, -0.1) is 0 Å². The van der Waals surface area contributed by atoms with E-state index < -0.39 is 40.4 Å². The van der Waals surface area contributed by atoms with Crippen molar-refractivity contribution in [2.45, 2.75) is 22.9 Å². The molecule has 0 amide bonds. The molecule has 1 aliphatic rings. The largest absolute Gasteiger partial charge is 0.395 e. The summed E-state index contributed by atoms with van der Waals surface area (Å²) in [4.78, 5) is -0.229. The average Bonchev–Trinajstić information content (AvgIpc) is 2.55. The van der Waals surface area contributed by atoms with Gasteiger partial charge >= 0.3 is 0 Å². The lowest BCUT2D eigenvalue weighted by molar-refractivity contribution is 0.0556. The van der Waals surface area contributed by atoms with E-state index in [0.29, 0.717) is 0 Å². The van der Waals surface area contributed by atoms with Crippen LogP contribution in [0.2, 0.25) is 0 Å². The topological polar surface area (TPSA) is 81.4 Å². The van der Waals surface area contributed by atoms with E-state index in [4.69, 9.17) is 0 Å². The fourth-order valence-corrected chi connectivity index (χ4v) is 4.91. The van der Waals surface area contributed by atoms with Crippen molar-refractivity contribution in [2.24, 2.45) is 0 Å². The number of sulfonamides is 1. The summed E-state index contributed by atoms with van der Waals surface area (Å²) < 4.78 is 39.9. The van der Waals surface area contributed by atoms with E-state index in [9.17, 15) is 23.2 Å². The molecule has 3 rings (SSSR count). The molecule has 1 heterocycles. The first-order chi connectivity index (χ1) is 11.5. The van der Waals surface area contributed by atoms with E-state index in [0.717, 1.165) is 22.0 Å². The Morgan fingerprint density at radius 3 is 2.46 bits per heavy atom. The summed E-state index contributed by atoms with van der Waals surface area (Å²) in [6, 6.07) is 13.9. The van der Waals surface area contributed by atoms with Crippen LogP contribution < -0.4 is 0 Å². The monoisotopic (exact) mass is 346 g/mol. The first kappa shape index (κ1) is 16.6. The summed E-state index contributed by atoms with van der Waals surface area (Å²) in [5.74, 6) is -1.10. The molecule has 2 aromatic rings. The molecule has 1 N–H and O–H groups in total. The zero-order chi connectivity index (χ0) is 17.3. The van der Waals surface area contributed by atoms with Crippen molar-refractivity contribution in [1.82, 2.24) is 4.31 Å². The van der Waals surface area contributed by atoms with Gasteiger partial charge in [-0.25, -0.2) is 12.8 Å². The minimum atomic E-state index is -4.08. The van der Waals surface area contributed by atoms with Gasteiger partial charge in [0.05, 0.1) is 23.6 Å². The highest BCUT2D eigenvalue weighted by molar-refractivity contribution is 7.89. The molecular formula is C17H15FN2O3S. The molecule has 124 valence electrons. The molecule has 0 unspecified atom stereocenters. The number of benzene rings is 2. The molecule has 1 aliphatic heterocycles. The van der Waals surface area contributed by atoms with Crippen molar-refractivity contribution < 1.29 is 17.9 Å². The summed E-state index contributed by atoms with van der Waals surface area (Å²) in [5.41, 5.74) is 0.786. The van der Waals surface area contributed by atoms with E-state index in [1.54, 1.807) is 24.3 Å². The van der Waals surface area contributed by atoms with Gasteiger partial charge in [-0.05, 0) is 23.8 Å². The lowest BCUT2D eigenvalue weighted by Gasteiger charge is -2.50. The van der Waals surface area contributed by atoms with Crippen LogP contribution >= 0.6 is 0 Å². The molecular weight excluding hydrogens is 331 g/mol. The number of halogens is 1. The van der Waals surface area contributed by atoms with Crippen LogP contribution in [0.4, 0.5) is 4.39 Å². The highest BCUT2D eigenvalue weighted by atomic mass is 32.2. The first-order valence-electron chi connectivity index (χ1n) is 7.35. The Kier molecular flexibility index (Phi) is 4.37. The third-order valence-electron chi connectivity index (χ3n) is 4.23. The summed E-state index contributed by atoms with van der Waals surface area (Å²) in [5, 5.41) is 19.1. The molecule has 3 atom stereocenters. The van der Waals surface area contributed by atoms with Gasteiger partial charge in [0, 0.05) is 5.92 Å². The van der Waals surface area contributed by atoms with Crippen molar-refractivity contribution in [3.8, 4) is 6.07 Å². The Morgan fingerprint density at radius 1 is 1.17 bits per heavy atom. The molecule has 0 bridgehead atoms. The van der Waals surface area contributed by atoms with Gasteiger partial charge in [0.2, 0.25) is 10.0 Å². The van der Waals surface area contributed by atoms with Gasteiger partial charge in [-0.3, -0.25) is 0 Å². The number of nitriles is 1. The second-order valence-electron chi connectivity index (χ2n) is 5.55. The van der Waals surface area contributed by atoms with E-state index in [2.05, 4.69) is 0 Å². The minimum Gasteiger partial charge on any atom is -0.395 e. The number of rotatable bonds is 4. The molecule has 2 aromatic carbocycles. The van der Waals surface area contributed by atoms with Crippen LogP contribution in [0.3, 0.4) is 0 Å². The van der Waals surface area contributed by atoms with Gasteiger partial charge in [0.25, 0.3) is 0 Å². The minimum absolute atomic E-state index is 0.229. The van der Waals surface area contributed by atoms with Gasteiger partial charge < -0.3 is 5.11 Å². The summed E-state index contributed by atoms with van der Waals surface area (Å²) >= 11 is 0. The zero-order valence-electron chi connectivity index (χ0n) is 12.6. The highest BCUT2D eigenvalue weighted by Crippen LogP contribution is 2.43. The molecule has 24 heavy (non-hydrogen) atoms. The average molecular weight is 346 g/mol. The molecule has 0 saturated carbocycles. The van der Waals surface area contributed by atoms with Crippen LogP contribution in [-0.2, 0) is 10.0 Å². The normalized spacial score (nSPS) is 24.1. The molecule has 0 aliphatic carbocycles. The van der Waals surface area contributed by atoms with E-state index in [1.165, 1.54) is 12.1 Å². The second kappa shape index (κ2) is 6.32. The number of aliphatic hydroxyl groups is 1. The van der Waals surface area contributed by atoms with Gasteiger partial charge in [-0.1, -0.05) is 36.4 Å². The van der Waals surface area contributed by atoms with Crippen molar-refractivity contribution in [2.75, 3.05) is 6.61 Å². The molecule has 0 spiro atoms. The Hall–Kier alpha value is -2.27. The van der Waals surface area contributed by atoms with E-state index in [-0.39, 0.29) is 4.90 Å². The maximum Gasteiger partial charge on any atom is 0.244 e. The predicted molar refractivity (Wildman–Crippen MR) is 84.9 cm³/mol. The predicted octanol–water partition coefficient (Wildman–Crippen LogP) is 1.87. The molecule has 5 nitrogen and oxygen atoms in total. The molecule has 1 saturated heterocycles. The number of hydrogen-bond donors (Lipinski definition) is 1. The van der Waals surface area contributed by atoms with Crippen molar-refractivity contribution >= 4 is 10.0 Å². The Bertz CT molecular complexity index is 880. The van der Waals surface area contributed by atoms with Crippen LogP contribution in [0.1, 0.15) is 11.5 Å². The molecule has 0 radical (unpaired) electrons. The smallest absolute Gasteiger partial charge is 0.244 e. The molecule has 1 fully saturated rings. The summed E-state index contributed by atoms with van der Waals surface area (Å²) in [6.45, 7) is -0.424. The summed E-state index contributed by atoms with van der Waals surface area (Å²) in [7, 11) is -4.08. The van der Waals surface area contributed by atoms with Crippen molar-refractivity contribution in [3.05, 3.63) is 66.0 Å².